The second-order valence-electron chi connectivity index (χ2n) is 7.80. The molecule has 0 radical (unpaired) electrons. The minimum absolute atomic E-state index is 0.503. The number of para-hydroxylation sites is 2. The number of rotatable bonds is 6. The first-order chi connectivity index (χ1) is 15.2. The van der Waals surface area contributed by atoms with Crippen molar-refractivity contribution in [1.82, 2.24) is 4.48 Å². The van der Waals surface area contributed by atoms with Crippen LogP contribution in [0.3, 0.4) is 0 Å². The SMILES string of the molecule is CC(=C[N+](C=C(C)c1ccccc1)(c1ccccc1)c1ccccc1)c1ccccc1. The maximum Gasteiger partial charge on any atom is 0.147 e. The molecule has 152 valence electrons. The Labute approximate surface area is 185 Å². The summed E-state index contributed by atoms with van der Waals surface area (Å²) >= 11 is 0. The molecular formula is C30H28N+. The fourth-order valence-corrected chi connectivity index (χ4v) is 4.00. The van der Waals surface area contributed by atoms with E-state index in [1.807, 2.05) is 0 Å². The topological polar surface area (TPSA) is 0 Å². The highest BCUT2D eigenvalue weighted by molar-refractivity contribution is 5.76. The average molecular weight is 403 g/mol. The molecule has 0 aromatic heterocycles. The molecule has 0 aliphatic heterocycles. The largest absolute Gasteiger partial charge is 0.206 e. The molecule has 0 atom stereocenters. The lowest BCUT2D eigenvalue weighted by Gasteiger charge is -2.32. The van der Waals surface area contributed by atoms with Crippen molar-refractivity contribution in [2.45, 2.75) is 13.8 Å². The van der Waals surface area contributed by atoms with Crippen LogP contribution in [0, 0.1) is 0 Å². The molecule has 0 aliphatic carbocycles. The van der Waals surface area contributed by atoms with Gasteiger partial charge in [0.15, 0.2) is 0 Å². The highest BCUT2D eigenvalue weighted by atomic mass is 15.3. The van der Waals surface area contributed by atoms with Gasteiger partial charge in [0.25, 0.3) is 0 Å². The Hall–Kier alpha value is -3.68. The molecule has 0 spiro atoms. The van der Waals surface area contributed by atoms with Crippen LogP contribution in [-0.4, -0.2) is 0 Å². The third kappa shape index (κ3) is 4.58. The maximum absolute atomic E-state index is 2.35. The lowest BCUT2D eigenvalue weighted by molar-refractivity contribution is 0.674. The fraction of sp³-hybridized carbons (Fsp3) is 0.0667. The number of hydrogen-bond donors (Lipinski definition) is 0. The first-order valence-electron chi connectivity index (χ1n) is 10.7. The normalized spacial score (nSPS) is 12.6. The van der Waals surface area contributed by atoms with E-state index in [1.165, 1.54) is 33.6 Å². The van der Waals surface area contributed by atoms with Crippen LogP contribution in [0.4, 0.5) is 11.4 Å². The van der Waals surface area contributed by atoms with E-state index in [-0.39, 0.29) is 0 Å². The van der Waals surface area contributed by atoms with E-state index in [0.29, 0.717) is 4.48 Å². The van der Waals surface area contributed by atoms with Crippen LogP contribution in [0.25, 0.3) is 11.1 Å². The first-order valence-corrected chi connectivity index (χ1v) is 10.7. The van der Waals surface area contributed by atoms with Crippen molar-refractivity contribution in [2.24, 2.45) is 0 Å². The van der Waals surface area contributed by atoms with Crippen molar-refractivity contribution in [1.29, 1.82) is 0 Å². The van der Waals surface area contributed by atoms with Crippen LogP contribution in [0.5, 0.6) is 0 Å². The van der Waals surface area contributed by atoms with Gasteiger partial charge in [-0.15, -0.1) is 0 Å². The van der Waals surface area contributed by atoms with Crippen LogP contribution in [0.15, 0.2) is 134 Å². The summed E-state index contributed by atoms with van der Waals surface area (Å²) in [4.78, 5) is 0. The van der Waals surface area contributed by atoms with Gasteiger partial charge in [0.05, 0.1) is 0 Å². The predicted molar refractivity (Wildman–Crippen MR) is 135 cm³/mol. The van der Waals surface area contributed by atoms with Crippen LogP contribution in [0.1, 0.15) is 25.0 Å². The number of nitrogens with zero attached hydrogens (tertiary/aromatic N) is 1. The summed E-state index contributed by atoms with van der Waals surface area (Å²) in [5.41, 5.74) is 7.29. The lowest BCUT2D eigenvalue weighted by Crippen LogP contribution is -2.32. The van der Waals surface area contributed by atoms with Crippen molar-refractivity contribution in [3.63, 3.8) is 0 Å². The highest BCUT2D eigenvalue weighted by Gasteiger charge is 2.31. The summed E-state index contributed by atoms with van der Waals surface area (Å²) in [5, 5.41) is 0. The van der Waals surface area contributed by atoms with Crippen molar-refractivity contribution in [2.75, 3.05) is 0 Å². The summed E-state index contributed by atoms with van der Waals surface area (Å²) in [5.74, 6) is 0. The molecule has 0 saturated heterocycles. The van der Waals surface area contributed by atoms with E-state index in [2.05, 4.69) is 148 Å². The molecule has 0 amide bonds. The standard InChI is InChI=1S/C30H28N/c1-25(27-15-7-3-8-16-27)23-31(29-19-11-5-12-20-29,30-21-13-6-14-22-30)24-26(2)28-17-9-4-10-18-28/h3-24H,1-2H3/q+1. The van der Waals surface area contributed by atoms with E-state index in [0.717, 1.165) is 0 Å². The highest BCUT2D eigenvalue weighted by Crippen LogP contribution is 2.39. The van der Waals surface area contributed by atoms with Gasteiger partial charge < -0.3 is 0 Å². The summed E-state index contributed by atoms with van der Waals surface area (Å²) in [6.45, 7) is 4.39. The van der Waals surface area contributed by atoms with E-state index in [9.17, 15) is 0 Å². The van der Waals surface area contributed by atoms with Gasteiger partial charge in [-0.05, 0) is 25.0 Å². The Kier molecular flexibility index (Phi) is 6.26. The summed E-state index contributed by atoms with van der Waals surface area (Å²) in [6.07, 6.45) is 4.71. The molecule has 0 N–H and O–H groups in total. The number of quaternary nitrogens is 1. The van der Waals surface area contributed by atoms with Crippen molar-refractivity contribution in [3.05, 3.63) is 145 Å². The van der Waals surface area contributed by atoms with Gasteiger partial charge in [-0.2, -0.15) is 0 Å². The smallest absolute Gasteiger partial charge is 0.147 e. The first kappa shape index (κ1) is 20.6. The minimum atomic E-state index is 0.503. The fourth-order valence-electron chi connectivity index (χ4n) is 4.00. The zero-order valence-electron chi connectivity index (χ0n) is 18.1. The van der Waals surface area contributed by atoms with Crippen LogP contribution >= 0.6 is 0 Å². The van der Waals surface area contributed by atoms with E-state index in [1.54, 1.807) is 0 Å². The number of hydrogen-bond acceptors (Lipinski definition) is 0. The molecule has 4 aromatic carbocycles. The molecular weight excluding hydrogens is 374 g/mol. The van der Waals surface area contributed by atoms with E-state index >= 15 is 0 Å². The summed E-state index contributed by atoms with van der Waals surface area (Å²) < 4.78 is 0.503. The molecule has 4 rings (SSSR count). The molecule has 1 heteroatoms. The molecule has 31 heavy (non-hydrogen) atoms. The molecule has 4 aromatic rings. The van der Waals surface area contributed by atoms with Crippen LogP contribution in [-0.2, 0) is 0 Å². The van der Waals surface area contributed by atoms with Gasteiger partial charge in [0, 0.05) is 35.4 Å². The summed E-state index contributed by atoms with van der Waals surface area (Å²) in [7, 11) is 0. The maximum atomic E-state index is 2.35. The van der Waals surface area contributed by atoms with Gasteiger partial charge in [0.1, 0.15) is 23.8 Å². The van der Waals surface area contributed by atoms with Crippen molar-refractivity contribution >= 4 is 22.5 Å². The van der Waals surface area contributed by atoms with Crippen molar-refractivity contribution < 1.29 is 0 Å². The van der Waals surface area contributed by atoms with Gasteiger partial charge in [0.2, 0.25) is 0 Å². The monoisotopic (exact) mass is 402 g/mol. The third-order valence-corrected chi connectivity index (χ3v) is 5.62. The predicted octanol–water partition coefficient (Wildman–Crippen LogP) is 8.45. The van der Waals surface area contributed by atoms with E-state index in [4.69, 9.17) is 0 Å². The second-order valence-corrected chi connectivity index (χ2v) is 7.80. The zero-order valence-corrected chi connectivity index (χ0v) is 18.1. The number of benzene rings is 4. The number of allylic oxidation sites excluding steroid dienone is 2. The summed E-state index contributed by atoms with van der Waals surface area (Å²) in [6, 6.07) is 42.6. The van der Waals surface area contributed by atoms with Crippen LogP contribution in [0.2, 0.25) is 0 Å². The van der Waals surface area contributed by atoms with Crippen LogP contribution < -0.4 is 4.48 Å². The molecule has 1 nitrogen and oxygen atoms in total. The molecule has 0 bridgehead atoms. The Bertz CT molecular complexity index is 1060. The lowest BCUT2D eigenvalue weighted by atomic mass is 10.0. The van der Waals surface area contributed by atoms with E-state index < -0.39 is 0 Å². The Morgan fingerprint density at radius 2 is 0.742 bits per heavy atom. The Morgan fingerprint density at radius 1 is 0.452 bits per heavy atom. The van der Waals surface area contributed by atoms with Gasteiger partial charge in [-0.3, -0.25) is 0 Å². The molecule has 0 fully saturated rings. The molecule has 0 aliphatic rings. The second kappa shape index (κ2) is 9.42. The average Bonchev–Trinajstić information content (AvgIpc) is 2.85. The minimum Gasteiger partial charge on any atom is -0.206 e. The van der Waals surface area contributed by atoms with Gasteiger partial charge in [-0.1, -0.05) is 97.1 Å². The molecule has 0 unspecified atom stereocenters. The zero-order chi connectivity index (χ0) is 21.5. The molecule has 0 saturated carbocycles. The van der Waals surface area contributed by atoms with Gasteiger partial charge >= 0.3 is 0 Å². The molecule has 0 heterocycles. The van der Waals surface area contributed by atoms with Crippen molar-refractivity contribution in [3.8, 4) is 0 Å². The third-order valence-electron chi connectivity index (χ3n) is 5.62. The Balaban J connectivity index is 2.00. The Morgan fingerprint density at radius 3 is 1.06 bits per heavy atom. The van der Waals surface area contributed by atoms with Gasteiger partial charge in [-0.25, -0.2) is 4.48 Å². The quantitative estimate of drug-likeness (QED) is 0.284.